The molecule has 0 atom stereocenters. The van der Waals surface area contributed by atoms with E-state index in [2.05, 4.69) is 30.2 Å². The van der Waals surface area contributed by atoms with Crippen LogP contribution in [0.25, 0.3) is 0 Å². The molecule has 1 aliphatic carbocycles. The molecule has 1 aromatic rings. The van der Waals surface area contributed by atoms with Gasteiger partial charge < -0.3 is 0 Å². The van der Waals surface area contributed by atoms with Crippen molar-refractivity contribution in [2.45, 2.75) is 45.6 Å². The molecule has 0 unspecified atom stereocenters. The fraction of sp³-hybridized carbons (Fsp3) is 0.727. The van der Waals surface area contributed by atoms with Crippen molar-refractivity contribution >= 4 is 0 Å². The normalized spacial score (nSPS) is 15.6. The van der Waals surface area contributed by atoms with Crippen LogP contribution in [-0.4, -0.2) is 15.0 Å². The zero-order valence-electron chi connectivity index (χ0n) is 9.27. The van der Waals surface area contributed by atoms with Crippen LogP contribution in [0.2, 0.25) is 0 Å². The maximum absolute atomic E-state index is 8.71. The summed E-state index contributed by atoms with van der Waals surface area (Å²) >= 11 is 0. The summed E-state index contributed by atoms with van der Waals surface area (Å²) in [5, 5.41) is 17.0. The molecule has 0 aliphatic heterocycles. The zero-order valence-corrected chi connectivity index (χ0v) is 9.27. The fourth-order valence-corrected chi connectivity index (χ4v) is 1.84. The molecular formula is C11H16N4. The predicted octanol–water partition coefficient (Wildman–Crippen LogP) is 1.88. The molecule has 4 nitrogen and oxygen atoms in total. The Balaban J connectivity index is 2.26. The van der Waals surface area contributed by atoms with Gasteiger partial charge in [0.25, 0.3) is 0 Å². The van der Waals surface area contributed by atoms with Crippen LogP contribution >= 0.6 is 0 Å². The molecule has 1 saturated carbocycles. The molecule has 0 amide bonds. The highest BCUT2D eigenvalue weighted by Crippen LogP contribution is 2.41. The average Bonchev–Trinajstić information content (AvgIpc) is 2.92. The Kier molecular flexibility index (Phi) is 2.72. The summed E-state index contributed by atoms with van der Waals surface area (Å²) in [6.45, 7) is 5.24. The Hall–Kier alpha value is -1.37. The van der Waals surface area contributed by atoms with Gasteiger partial charge >= 0.3 is 0 Å². The van der Waals surface area contributed by atoms with Gasteiger partial charge in [0.05, 0.1) is 18.2 Å². The van der Waals surface area contributed by atoms with Gasteiger partial charge in [-0.3, -0.25) is 0 Å². The molecule has 0 spiro atoms. The van der Waals surface area contributed by atoms with Gasteiger partial charge in [0.15, 0.2) is 0 Å². The van der Waals surface area contributed by atoms with Crippen molar-refractivity contribution < 1.29 is 0 Å². The van der Waals surface area contributed by atoms with E-state index in [1.807, 2.05) is 4.68 Å². The van der Waals surface area contributed by atoms with Gasteiger partial charge in [0.1, 0.15) is 5.69 Å². The van der Waals surface area contributed by atoms with E-state index in [9.17, 15) is 0 Å². The van der Waals surface area contributed by atoms with Gasteiger partial charge in [-0.2, -0.15) is 5.26 Å². The lowest BCUT2D eigenvalue weighted by Crippen LogP contribution is -2.09. The molecule has 1 fully saturated rings. The van der Waals surface area contributed by atoms with E-state index in [-0.39, 0.29) is 0 Å². The summed E-state index contributed by atoms with van der Waals surface area (Å²) in [7, 11) is 0. The molecule has 4 heteroatoms. The molecule has 0 radical (unpaired) electrons. The summed E-state index contributed by atoms with van der Waals surface area (Å²) in [6.07, 6.45) is 2.84. The van der Waals surface area contributed by atoms with Gasteiger partial charge in [-0.25, -0.2) is 4.68 Å². The van der Waals surface area contributed by atoms with E-state index < -0.39 is 0 Å². The highest BCUT2D eigenvalue weighted by molar-refractivity contribution is 5.22. The van der Waals surface area contributed by atoms with Crippen molar-refractivity contribution in [1.82, 2.24) is 15.0 Å². The maximum atomic E-state index is 8.71. The average molecular weight is 204 g/mol. The van der Waals surface area contributed by atoms with Crippen LogP contribution in [0.5, 0.6) is 0 Å². The van der Waals surface area contributed by atoms with Crippen LogP contribution in [0, 0.1) is 17.2 Å². The molecule has 1 heterocycles. The SMILES string of the molecule is CC(C)Cn1nnc(CC#N)c1C1CC1. The number of aromatic nitrogens is 3. The molecule has 0 saturated heterocycles. The molecule has 80 valence electrons. The molecule has 0 aromatic carbocycles. The van der Waals surface area contributed by atoms with Crippen molar-refractivity contribution in [3.63, 3.8) is 0 Å². The second kappa shape index (κ2) is 4.01. The standard InChI is InChI=1S/C11H16N4/c1-8(2)7-15-11(9-3-4-9)10(5-6-12)13-14-15/h8-9H,3-5,7H2,1-2H3. The lowest BCUT2D eigenvalue weighted by atomic mass is 10.1. The smallest absolute Gasteiger partial charge is 0.100 e. The summed E-state index contributed by atoms with van der Waals surface area (Å²) in [5.74, 6) is 1.18. The van der Waals surface area contributed by atoms with Crippen LogP contribution < -0.4 is 0 Å². The van der Waals surface area contributed by atoms with Gasteiger partial charge in [0, 0.05) is 12.5 Å². The molecule has 1 aliphatic rings. The quantitative estimate of drug-likeness (QED) is 0.752. The third kappa shape index (κ3) is 2.17. The lowest BCUT2D eigenvalue weighted by molar-refractivity contribution is 0.459. The molecular weight excluding hydrogens is 188 g/mol. The first-order chi connectivity index (χ1) is 7.22. The predicted molar refractivity (Wildman–Crippen MR) is 56.2 cm³/mol. The summed E-state index contributed by atoms with van der Waals surface area (Å²) < 4.78 is 2.00. The van der Waals surface area contributed by atoms with Crippen LogP contribution in [0.1, 0.15) is 44.0 Å². The first kappa shape index (κ1) is 10.2. The first-order valence-electron chi connectivity index (χ1n) is 5.51. The molecule has 1 aromatic heterocycles. The van der Waals surface area contributed by atoms with Crippen molar-refractivity contribution in [3.05, 3.63) is 11.4 Å². The Labute approximate surface area is 89.9 Å². The topological polar surface area (TPSA) is 54.5 Å². The van der Waals surface area contributed by atoms with E-state index in [4.69, 9.17) is 5.26 Å². The summed E-state index contributed by atoms with van der Waals surface area (Å²) in [5.41, 5.74) is 2.10. The van der Waals surface area contributed by atoms with E-state index in [0.717, 1.165) is 12.2 Å². The maximum Gasteiger partial charge on any atom is 0.100 e. The second-order valence-electron chi connectivity index (χ2n) is 4.61. The number of hydrogen-bond acceptors (Lipinski definition) is 3. The van der Waals surface area contributed by atoms with Crippen molar-refractivity contribution in [1.29, 1.82) is 5.26 Å². The van der Waals surface area contributed by atoms with Gasteiger partial charge in [-0.1, -0.05) is 19.1 Å². The van der Waals surface area contributed by atoms with Crippen molar-refractivity contribution in [2.75, 3.05) is 0 Å². The Morgan fingerprint density at radius 3 is 2.80 bits per heavy atom. The van der Waals surface area contributed by atoms with Gasteiger partial charge in [-0.15, -0.1) is 5.10 Å². The summed E-state index contributed by atoms with van der Waals surface area (Å²) in [4.78, 5) is 0. The van der Waals surface area contributed by atoms with Gasteiger partial charge in [0.2, 0.25) is 0 Å². The highest BCUT2D eigenvalue weighted by atomic mass is 15.4. The van der Waals surface area contributed by atoms with E-state index in [1.165, 1.54) is 18.5 Å². The minimum atomic E-state index is 0.393. The minimum absolute atomic E-state index is 0.393. The van der Waals surface area contributed by atoms with Gasteiger partial charge in [-0.05, 0) is 18.8 Å². The minimum Gasteiger partial charge on any atom is -0.249 e. The number of nitriles is 1. The van der Waals surface area contributed by atoms with Crippen LogP contribution in [0.15, 0.2) is 0 Å². The molecule has 2 rings (SSSR count). The Bertz CT molecular complexity index is 382. The van der Waals surface area contributed by atoms with Crippen LogP contribution in [0.4, 0.5) is 0 Å². The monoisotopic (exact) mass is 204 g/mol. The van der Waals surface area contributed by atoms with E-state index in [1.54, 1.807) is 0 Å². The molecule has 0 N–H and O–H groups in total. The number of nitrogens with zero attached hydrogens (tertiary/aromatic N) is 4. The largest absolute Gasteiger partial charge is 0.249 e. The lowest BCUT2D eigenvalue weighted by Gasteiger charge is -2.08. The molecule has 0 bridgehead atoms. The Morgan fingerprint density at radius 1 is 1.53 bits per heavy atom. The Morgan fingerprint density at radius 2 is 2.27 bits per heavy atom. The van der Waals surface area contributed by atoms with E-state index in [0.29, 0.717) is 18.3 Å². The van der Waals surface area contributed by atoms with Crippen LogP contribution in [0.3, 0.4) is 0 Å². The number of hydrogen-bond donors (Lipinski definition) is 0. The van der Waals surface area contributed by atoms with Crippen molar-refractivity contribution in [2.24, 2.45) is 5.92 Å². The third-order valence-electron chi connectivity index (χ3n) is 2.60. The molecule has 15 heavy (non-hydrogen) atoms. The number of rotatable bonds is 4. The summed E-state index contributed by atoms with van der Waals surface area (Å²) in [6, 6.07) is 2.16. The second-order valence-corrected chi connectivity index (χ2v) is 4.61. The zero-order chi connectivity index (χ0) is 10.8. The third-order valence-corrected chi connectivity index (χ3v) is 2.60. The van der Waals surface area contributed by atoms with Crippen molar-refractivity contribution in [3.8, 4) is 6.07 Å². The first-order valence-corrected chi connectivity index (χ1v) is 5.51. The highest BCUT2D eigenvalue weighted by Gasteiger charge is 2.31. The van der Waals surface area contributed by atoms with E-state index >= 15 is 0 Å². The van der Waals surface area contributed by atoms with Crippen LogP contribution in [-0.2, 0) is 13.0 Å². The fourth-order valence-electron chi connectivity index (χ4n) is 1.84.